The van der Waals surface area contributed by atoms with E-state index >= 15 is 0 Å². The average molecular weight is 907 g/mol. The fraction of sp³-hybridized carbons (Fsp3) is 0.513. The van der Waals surface area contributed by atoms with Crippen molar-refractivity contribution in [3.63, 3.8) is 0 Å². The first-order chi connectivity index (χ1) is 30.5. The van der Waals surface area contributed by atoms with Crippen LogP contribution in [0.25, 0.3) is 0 Å². The third kappa shape index (κ3) is 18.5. The van der Waals surface area contributed by atoms with Crippen LogP contribution in [0.5, 0.6) is 5.75 Å². The van der Waals surface area contributed by atoms with Crippen molar-refractivity contribution in [3.8, 4) is 5.75 Å². The predicted molar refractivity (Wildman–Crippen MR) is 220 cm³/mol. The van der Waals surface area contributed by atoms with Gasteiger partial charge in [-0.2, -0.15) is 0 Å². The van der Waals surface area contributed by atoms with Crippen molar-refractivity contribution in [2.45, 2.75) is 88.9 Å². The highest BCUT2D eigenvalue weighted by Gasteiger charge is 2.45. The minimum absolute atomic E-state index is 0.0152. The summed E-state index contributed by atoms with van der Waals surface area (Å²) in [5.41, 5.74) is 5.78. The molecule has 1 saturated heterocycles. The number of amides is 7. The molecular weight excluding hydrogens is 852 g/mol. The second-order valence-electron chi connectivity index (χ2n) is 14.1. The molecule has 0 radical (unpaired) electrons. The van der Waals surface area contributed by atoms with Gasteiger partial charge in [0, 0.05) is 50.7 Å². The molecule has 0 aliphatic carbocycles. The van der Waals surface area contributed by atoms with E-state index in [0.717, 1.165) is 0 Å². The Hall–Kier alpha value is -6.51. The first kappa shape index (κ1) is 51.8. The van der Waals surface area contributed by atoms with Gasteiger partial charge in [-0.05, 0) is 49.6 Å². The van der Waals surface area contributed by atoms with Gasteiger partial charge in [0.2, 0.25) is 29.5 Å². The van der Waals surface area contributed by atoms with Crippen LogP contribution in [0.1, 0.15) is 45.1 Å². The van der Waals surface area contributed by atoms with Gasteiger partial charge in [-0.3, -0.25) is 34.1 Å². The van der Waals surface area contributed by atoms with E-state index in [-0.39, 0.29) is 76.6 Å². The number of aliphatic hydroxyl groups is 3. The molecule has 0 bridgehead atoms. The molecule has 0 spiro atoms. The Kier molecular flexibility index (Phi) is 21.7. The molecule has 1 fully saturated rings. The Balaban J connectivity index is 1.38. The quantitative estimate of drug-likeness (QED) is 0.0179. The van der Waals surface area contributed by atoms with Gasteiger partial charge >= 0.3 is 12.2 Å². The Bertz CT molecular complexity index is 1890. The molecule has 0 saturated carbocycles. The van der Waals surface area contributed by atoms with E-state index in [9.17, 15) is 59.0 Å². The monoisotopic (exact) mass is 906 g/mol. The summed E-state index contributed by atoms with van der Waals surface area (Å²) in [5, 5.41) is 55.8. The van der Waals surface area contributed by atoms with Crippen molar-refractivity contribution < 1.29 is 77.5 Å². The molecule has 11 N–H and O–H groups in total. The summed E-state index contributed by atoms with van der Waals surface area (Å²) in [6.45, 7) is 1.98. The van der Waals surface area contributed by atoms with Crippen LogP contribution >= 0.6 is 0 Å². The number of nitro groups is 1. The molecule has 25 heteroatoms. The molecule has 7 amide bonds. The number of nitrogens with two attached hydrogens (primary N) is 1. The molecule has 352 valence electrons. The highest BCUT2D eigenvalue weighted by molar-refractivity contribution is 5.98. The van der Waals surface area contributed by atoms with E-state index in [2.05, 4.69) is 31.9 Å². The van der Waals surface area contributed by atoms with Gasteiger partial charge in [0.05, 0.1) is 31.4 Å². The number of ether oxygens (including phenoxy) is 5. The second-order valence-corrected chi connectivity index (χ2v) is 14.1. The van der Waals surface area contributed by atoms with Crippen molar-refractivity contribution >= 4 is 53.1 Å². The number of benzene rings is 2. The fourth-order valence-electron chi connectivity index (χ4n) is 5.80. The molecule has 2 aromatic carbocycles. The third-order valence-corrected chi connectivity index (χ3v) is 9.11. The van der Waals surface area contributed by atoms with Gasteiger partial charge < -0.3 is 76.6 Å². The van der Waals surface area contributed by atoms with Gasteiger partial charge in [0.15, 0.2) is 6.29 Å². The number of nitrogens with zero attached hydrogens (tertiary/aromatic N) is 1. The first-order valence-corrected chi connectivity index (χ1v) is 19.9. The van der Waals surface area contributed by atoms with Crippen LogP contribution < -0.4 is 42.4 Å². The standard InChI is InChI=1S/C39H54N8O17/c1-22(43-31(51)14-13-30(50)41-16-17-60-18-19-61-37-32(44-23(2)49)34(53)33(52)29(20-48)64-37)35(54)46-28(4-3-15-42-38(40)56)36(55)45-25-7-5-24(6-8-25)21-62-39(57)63-27-11-9-26(10-12-27)47(58)59/h5-12,22,28-29,32-34,37,48,52-53H,3-4,13-21H2,1-2H3,(H,41,50)(H,43,51)(H,44,49)(H,45,55)(H,46,54)(H3,40,42,56)/t22-,28-,29+,32+,33-,34+,37+/m0/s1. The lowest BCUT2D eigenvalue weighted by Gasteiger charge is -2.42. The zero-order valence-electron chi connectivity index (χ0n) is 35.0. The highest BCUT2D eigenvalue weighted by atomic mass is 16.7. The van der Waals surface area contributed by atoms with E-state index in [4.69, 9.17) is 29.4 Å². The lowest BCUT2D eigenvalue weighted by atomic mass is 9.97. The smallest absolute Gasteiger partial charge is 0.429 e. The molecule has 1 heterocycles. The van der Waals surface area contributed by atoms with Crippen LogP contribution in [0.2, 0.25) is 0 Å². The summed E-state index contributed by atoms with van der Waals surface area (Å²) in [6, 6.07) is 6.84. The number of carbonyl (C=O) groups excluding carboxylic acids is 7. The Morgan fingerprint density at radius 2 is 1.56 bits per heavy atom. The molecule has 1 aliphatic rings. The number of hydrogen-bond donors (Lipinski definition) is 10. The molecule has 0 aromatic heterocycles. The van der Waals surface area contributed by atoms with E-state index in [0.29, 0.717) is 11.3 Å². The zero-order valence-corrected chi connectivity index (χ0v) is 35.0. The summed E-state index contributed by atoms with van der Waals surface area (Å²) < 4.78 is 26.5. The second kappa shape index (κ2) is 26.8. The summed E-state index contributed by atoms with van der Waals surface area (Å²) in [5.74, 6) is -2.90. The van der Waals surface area contributed by atoms with Gasteiger partial charge in [0.25, 0.3) is 5.69 Å². The normalized spacial score (nSPS) is 18.9. The Morgan fingerprint density at radius 3 is 2.20 bits per heavy atom. The van der Waals surface area contributed by atoms with E-state index < -0.39 is 96.0 Å². The number of rotatable bonds is 25. The molecule has 3 rings (SSSR count). The number of nitrogens with one attached hydrogen (secondary N) is 6. The maximum absolute atomic E-state index is 13.3. The van der Waals surface area contributed by atoms with Crippen LogP contribution in [-0.4, -0.2) is 144 Å². The number of nitro benzene ring substituents is 1. The van der Waals surface area contributed by atoms with Gasteiger partial charge in [-0.25, -0.2) is 9.59 Å². The minimum atomic E-state index is -1.46. The molecule has 64 heavy (non-hydrogen) atoms. The first-order valence-electron chi connectivity index (χ1n) is 19.9. The molecule has 2 aromatic rings. The number of primary amides is 1. The van der Waals surface area contributed by atoms with E-state index in [1.54, 1.807) is 12.1 Å². The topological polar surface area (TPSA) is 368 Å². The largest absolute Gasteiger partial charge is 0.514 e. The fourth-order valence-corrected chi connectivity index (χ4v) is 5.80. The van der Waals surface area contributed by atoms with Crippen LogP contribution in [0.4, 0.5) is 21.0 Å². The number of aliphatic hydroxyl groups excluding tert-OH is 3. The van der Waals surface area contributed by atoms with Crippen molar-refractivity contribution in [1.29, 1.82) is 0 Å². The Morgan fingerprint density at radius 1 is 0.875 bits per heavy atom. The van der Waals surface area contributed by atoms with Crippen LogP contribution in [0, 0.1) is 10.1 Å². The van der Waals surface area contributed by atoms with E-state index in [1.807, 2.05) is 0 Å². The molecule has 25 nitrogen and oxygen atoms in total. The van der Waals surface area contributed by atoms with Gasteiger partial charge in [-0.15, -0.1) is 0 Å². The highest BCUT2D eigenvalue weighted by Crippen LogP contribution is 2.22. The summed E-state index contributed by atoms with van der Waals surface area (Å²) in [4.78, 5) is 96.2. The summed E-state index contributed by atoms with van der Waals surface area (Å²) >= 11 is 0. The maximum Gasteiger partial charge on any atom is 0.514 e. The van der Waals surface area contributed by atoms with Crippen molar-refractivity contribution in [2.75, 3.05) is 44.8 Å². The maximum atomic E-state index is 13.3. The van der Waals surface area contributed by atoms with Crippen molar-refractivity contribution in [1.82, 2.24) is 26.6 Å². The molecule has 1 aliphatic heterocycles. The summed E-state index contributed by atoms with van der Waals surface area (Å²) in [6.07, 6.45) is -6.48. The summed E-state index contributed by atoms with van der Waals surface area (Å²) in [7, 11) is 0. The minimum Gasteiger partial charge on any atom is -0.429 e. The Labute approximate surface area is 366 Å². The SMILES string of the molecule is CC(=O)N[C@H]1[C@H](OCCOCCNC(=O)CCC(=O)N[C@@H](C)C(=O)N[C@@H](CCCNC(N)=O)C(=O)Nc2ccc(COC(=O)Oc3ccc([N+](=O)[O-])cc3)cc2)O[C@H](CO)[C@H](O)[C@@H]1O. The van der Waals surface area contributed by atoms with Crippen LogP contribution in [0.15, 0.2) is 48.5 Å². The molecular formula is C39H54N8O17. The lowest BCUT2D eigenvalue weighted by molar-refractivity contribution is -0.384. The lowest BCUT2D eigenvalue weighted by Crippen LogP contribution is -2.64. The van der Waals surface area contributed by atoms with Crippen LogP contribution in [0.3, 0.4) is 0 Å². The van der Waals surface area contributed by atoms with Crippen molar-refractivity contribution in [2.24, 2.45) is 5.73 Å². The van der Waals surface area contributed by atoms with Crippen LogP contribution in [-0.2, 0) is 49.5 Å². The number of carbonyl (C=O) groups is 7. The average Bonchev–Trinajstić information content (AvgIpc) is 3.25. The predicted octanol–water partition coefficient (Wildman–Crippen LogP) is -1.44. The molecule has 7 atom stereocenters. The zero-order chi connectivity index (χ0) is 47.2. The van der Waals surface area contributed by atoms with Gasteiger partial charge in [0.1, 0.15) is 48.8 Å². The van der Waals surface area contributed by atoms with Crippen molar-refractivity contribution in [3.05, 3.63) is 64.2 Å². The third-order valence-electron chi connectivity index (χ3n) is 9.11. The number of urea groups is 1. The number of hydrogen-bond acceptors (Lipinski definition) is 17. The number of anilines is 1. The van der Waals surface area contributed by atoms with E-state index in [1.165, 1.54) is 50.2 Å². The number of non-ortho nitro benzene ring substituents is 1. The molecule has 0 unspecified atom stereocenters. The van der Waals surface area contributed by atoms with Gasteiger partial charge in [-0.1, -0.05) is 12.1 Å².